The fourth-order valence-electron chi connectivity index (χ4n) is 1.92. The minimum atomic E-state index is -0.683. The van der Waals surface area contributed by atoms with Crippen LogP contribution in [0, 0.1) is 0 Å². The number of nitrogens with zero attached hydrogens (tertiary/aromatic N) is 4. The minimum absolute atomic E-state index is 0.106. The van der Waals surface area contributed by atoms with E-state index in [1.807, 2.05) is 0 Å². The van der Waals surface area contributed by atoms with Gasteiger partial charge in [0, 0.05) is 13.2 Å². The van der Waals surface area contributed by atoms with Crippen LogP contribution >= 0.6 is 0 Å². The molecular formula is C16H22N4O7. The molecule has 0 aromatic carbocycles. The zero-order chi connectivity index (χ0) is 19.5. The maximum atomic E-state index is 11.4. The third-order valence-electron chi connectivity index (χ3n) is 3.20. The lowest BCUT2D eigenvalue weighted by Gasteiger charge is -2.09. The van der Waals surface area contributed by atoms with Crippen LogP contribution in [0.25, 0.3) is 5.82 Å². The predicted molar refractivity (Wildman–Crippen MR) is 91.2 cm³/mol. The summed E-state index contributed by atoms with van der Waals surface area (Å²) in [6.07, 6.45) is 2.67. The summed E-state index contributed by atoms with van der Waals surface area (Å²) in [6.45, 7) is 2.65. The van der Waals surface area contributed by atoms with Crippen LogP contribution in [0.2, 0.25) is 0 Å². The van der Waals surface area contributed by atoms with Gasteiger partial charge in [0.15, 0.2) is 11.6 Å². The van der Waals surface area contributed by atoms with E-state index in [-0.39, 0.29) is 24.0 Å². The Labute approximate surface area is 155 Å². The number of esters is 1. The summed E-state index contributed by atoms with van der Waals surface area (Å²) in [5.74, 6) is -0.528. The van der Waals surface area contributed by atoms with Crippen LogP contribution in [-0.4, -0.2) is 84.7 Å². The highest BCUT2D eigenvalue weighted by molar-refractivity contribution is 5.84. The van der Waals surface area contributed by atoms with Crippen molar-refractivity contribution in [1.29, 1.82) is 0 Å². The van der Waals surface area contributed by atoms with Crippen molar-refractivity contribution in [2.45, 2.75) is 0 Å². The molecule has 2 aromatic rings. The van der Waals surface area contributed by atoms with Gasteiger partial charge in [0.1, 0.15) is 18.7 Å². The lowest BCUT2D eigenvalue weighted by atomic mass is 10.4. The van der Waals surface area contributed by atoms with Crippen LogP contribution in [-0.2, 0) is 18.9 Å². The number of carbonyl (C=O) groups is 1. The summed E-state index contributed by atoms with van der Waals surface area (Å²) in [5.41, 5.74) is 0. The lowest BCUT2D eigenvalue weighted by Crippen LogP contribution is -2.12. The number of methoxy groups -OCH3 is 2. The highest BCUT2D eigenvalue weighted by Crippen LogP contribution is 2.23. The second kappa shape index (κ2) is 11.1. The van der Waals surface area contributed by atoms with E-state index < -0.39 is 5.97 Å². The molecule has 0 saturated heterocycles. The third kappa shape index (κ3) is 6.47. The maximum absolute atomic E-state index is 11.4. The zero-order valence-electron chi connectivity index (χ0n) is 15.2. The second-order valence-electron chi connectivity index (χ2n) is 5.08. The van der Waals surface area contributed by atoms with Crippen molar-refractivity contribution in [3.8, 4) is 17.3 Å². The Balaban J connectivity index is 1.76. The first-order valence-corrected chi connectivity index (χ1v) is 8.12. The summed E-state index contributed by atoms with van der Waals surface area (Å²) < 4.78 is 26.6. The van der Waals surface area contributed by atoms with Crippen LogP contribution in [0.15, 0.2) is 18.6 Å². The molecule has 0 bridgehead atoms. The first-order valence-electron chi connectivity index (χ1n) is 8.12. The summed E-state index contributed by atoms with van der Waals surface area (Å²) in [4.78, 5) is 19.2. The van der Waals surface area contributed by atoms with E-state index in [4.69, 9.17) is 18.9 Å². The number of hydrogen-bond acceptors (Lipinski definition) is 10. The molecule has 0 aliphatic heterocycles. The molecule has 0 aliphatic carbocycles. The Bertz CT molecular complexity index is 723. The molecule has 0 radical (unpaired) electrons. The predicted octanol–water partition coefficient (Wildman–Crippen LogP) is 0.213. The van der Waals surface area contributed by atoms with Crippen molar-refractivity contribution < 1.29 is 33.6 Å². The monoisotopic (exact) mass is 382 g/mol. The van der Waals surface area contributed by atoms with Gasteiger partial charge in [0.25, 0.3) is 5.82 Å². The van der Waals surface area contributed by atoms with Gasteiger partial charge < -0.3 is 28.8 Å². The number of hydrogen-bond donors (Lipinski definition) is 1. The summed E-state index contributed by atoms with van der Waals surface area (Å²) in [6, 6.07) is 1.38. The normalized spacial score (nSPS) is 10.7. The molecule has 0 atom stereocenters. The summed E-state index contributed by atoms with van der Waals surface area (Å²) in [7, 11) is 2.84. The van der Waals surface area contributed by atoms with Gasteiger partial charge in [-0.15, -0.1) is 5.10 Å². The van der Waals surface area contributed by atoms with E-state index in [1.54, 1.807) is 7.11 Å². The average molecular weight is 382 g/mol. The van der Waals surface area contributed by atoms with Crippen LogP contribution in [0.3, 0.4) is 0 Å². The van der Waals surface area contributed by atoms with Crippen molar-refractivity contribution >= 4 is 5.97 Å². The molecule has 27 heavy (non-hydrogen) atoms. The van der Waals surface area contributed by atoms with Gasteiger partial charge in [-0.3, -0.25) is 0 Å². The van der Waals surface area contributed by atoms with Gasteiger partial charge in [-0.2, -0.15) is 4.68 Å². The molecule has 0 unspecified atom stereocenters. The van der Waals surface area contributed by atoms with E-state index in [1.165, 1.54) is 25.7 Å². The van der Waals surface area contributed by atoms with Crippen molar-refractivity contribution in [2.75, 3.05) is 53.9 Å². The smallest absolute Gasteiger partial charge is 0.377 e. The van der Waals surface area contributed by atoms with E-state index in [2.05, 4.69) is 19.8 Å². The Morgan fingerprint density at radius 2 is 1.78 bits per heavy atom. The Morgan fingerprint density at radius 3 is 2.44 bits per heavy atom. The van der Waals surface area contributed by atoms with E-state index in [9.17, 15) is 9.90 Å². The maximum Gasteiger partial charge on any atom is 0.377 e. The molecule has 0 saturated carbocycles. The van der Waals surface area contributed by atoms with Gasteiger partial charge >= 0.3 is 5.97 Å². The number of pyridine rings is 1. The third-order valence-corrected chi connectivity index (χ3v) is 3.20. The molecule has 2 heterocycles. The number of carbonyl (C=O) groups excluding carboxylic acids is 1. The first kappa shape index (κ1) is 20.6. The van der Waals surface area contributed by atoms with Crippen LogP contribution in [0.1, 0.15) is 10.6 Å². The summed E-state index contributed by atoms with van der Waals surface area (Å²) >= 11 is 0. The van der Waals surface area contributed by atoms with E-state index >= 15 is 0 Å². The van der Waals surface area contributed by atoms with Crippen LogP contribution in [0.4, 0.5) is 0 Å². The molecule has 0 spiro atoms. The van der Waals surface area contributed by atoms with Gasteiger partial charge in [0.2, 0.25) is 0 Å². The lowest BCUT2D eigenvalue weighted by molar-refractivity contribution is 0.0179. The highest BCUT2D eigenvalue weighted by atomic mass is 16.6. The second-order valence-corrected chi connectivity index (χ2v) is 5.08. The molecule has 148 valence electrons. The molecule has 1 N–H and O–H groups in total. The van der Waals surface area contributed by atoms with Crippen LogP contribution in [0.5, 0.6) is 11.5 Å². The van der Waals surface area contributed by atoms with Gasteiger partial charge in [-0.1, -0.05) is 0 Å². The molecule has 0 amide bonds. The molecule has 2 aromatic heterocycles. The standard InChI is InChI=1S/C16H22N4O7/c1-23-3-4-25-5-6-26-7-8-27-12-9-13(21)15(17-10-12)20-11-18-14(19-20)16(22)24-2/h9-11,21H,3-8H2,1-2H3. The van der Waals surface area contributed by atoms with Crippen LogP contribution < -0.4 is 4.74 Å². The Morgan fingerprint density at radius 1 is 1.07 bits per heavy atom. The van der Waals surface area contributed by atoms with E-state index in [0.717, 1.165) is 4.68 Å². The molecule has 0 fully saturated rings. The number of aromatic hydroxyl groups is 1. The molecule has 11 nitrogen and oxygen atoms in total. The van der Waals surface area contributed by atoms with Crippen molar-refractivity contribution in [3.05, 3.63) is 24.4 Å². The van der Waals surface area contributed by atoms with Gasteiger partial charge in [-0.05, 0) is 0 Å². The van der Waals surface area contributed by atoms with Gasteiger partial charge in [-0.25, -0.2) is 14.8 Å². The van der Waals surface area contributed by atoms with E-state index in [0.29, 0.717) is 38.8 Å². The van der Waals surface area contributed by atoms with Crippen molar-refractivity contribution in [3.63, 3.8) is 0 Å². The Kier molecular flexibility index (Phi) is 8.42. The number of ether oxygens (including phenoxy) is 5. The van der Waals surface area contributed by atoms with Crippen molar-refractivity contribution in [1.82, 2.24) is 19.7 Å². The largest absolute Gasteiger partial charge is 0.504 e. The number of rotatable bonds is 12. The minimum Gasteiger partial charge on any atom is -0.504 e. The summed E-state index contributed by atoms with van der Waals surface area (Å²) in [5, 5.41) is 14.0. The number of aromatic nitrogens is 4. The molecule has 11 heteroatoms. The molecular weight excluding hydrogens is 360 g/mol. The fourth-order valence-corrected chi connectivity index (χ4v) is 1.92. The topological polar surface area (TPSA) is 127 Å². The Hall–Kier alpha value is -2.76. The SMILES string of the molecule is COCCOCCOCCOc1cnc(-n2cnc(C(=O)OC)n2)c(O)c1. The van der Waals surface area contributed by atoms with Crippen molar-refractivity contribution in [2.24, 2.45) is 0 Å². The molecule has 2 rings (SSSR count). The first-order chi connectivity index (χ1) is 13.2. The zero-order valence-corrected chi connectivity index (χ0v) is 15.2. The highest BCUT2D eigenvalue weighted by Gasteiger charge is 2.15. The van der Waals surface area contributed by atoms with Gasteiger partial charge in [0.05, 0.1) is 46.3 Å². The average Bonchev–Trinajstić information content (AvgIpc) is 3.16. The quantitative estimate of drug-likeness (QED) is 0.402. The molecule has 0 aliphatic rings. The fraction of sp³-hybridized carbons (Fsp3) is 0.500.